The van der Waals surface area contributed by atoms with Crippen LogP contribution >= 0.6 is 11.6 Å². The Bertz CT molecular complexity index is 760. The molecule has 2 aliphatic rings. The second-order valence-electron chi connectivity index (χ2n) is 7.49. The molecule has 0 bridgehead atoms. The van der Waals surface area contributed by atoms with Gasteiger partial charge >= 0.3 is 6.09 Å². The van der Waals surface area contributed by atoms with Gasteiger partial charge in [-0.2, -0.15) is 0 Å². The Labute approximate surface area is 176 Å². The Morgan fingerprint density at radius 2 is 2.07 bits per heavy atom. The topological polar surface area (TPSA) is 94.0 Å². The van der Waals surface area contributed by atoms with E-state index in [4.69, 9.17) is 32.5 Å². The second kappa shape index (κ2) is 10.0. The molecule has 2 aliphatic heterocycles. The normalized spacial score (nSPS) is 21.9. The number of allylic oxidation sites excluding steroid dienone is 2. The number of carbonyl (C=O) groups is 1. The second-order valence-corrected chi connectivity index (χ2v) is 7.90. The third kappa shape index (κ3) is 5.65. The van der Waals surface area contributed by atoms with Crippen molar-refractivity contribution in [1.82, 2.24) is 9.80 Å². The number of halogens is 1. The quantitative estimate of drug-likeness (QED) is 0.542. The zero-order valence-electron chi connectivity index (χ0n) is 16.7. The molecule has 1 amide bonds. The number of nitrogens with zero attached hydrogens (tertiary/aromatic N) is 2. The lowest BCUT2D eigenvalue weighted by Crippen LogP contribution is -2.57. The predicted octanol–water partition coefficient (Wildman–Crippen LogP) is 2.72. The number of rotatable bonds is 6. The average molecular weight is 421 g/mol. The highest BCUT2D eigenvalue weighted by atomic mass is 35.5. The van der Waals surface area contributed by atoms with Gasteiger partial charge in [-0.05, 0) is 43.5 Å². The Kier molecular flexibility index (Phi) is 7.41. The highest BCUT2D eigenvalue weighted by Crippen LogP contribution is 2.24. The molecule has 1 atom stereocenters. The van der Waals surface area contributed by atoms with Gasteiger partial charge in [-0.15, -0.1) is 0 Å². The molecule has 8 heteroatoms. The van der Waals surface area contributed by atoms with Gasteiger partial charge in [0.2, 0.25) is 0 Å². The molecule has 0 spiro atoms. The van der Waals surface area contributed by atoms with Crippen molar-refractivity contribution in [3.8, 4) is 0 Å². The number of hydrogen-bond acceptors (Lipinski definition) is 6. The molecule has 2 heterocycles. The van der Waals surface area contributed by atoms with Gasteiger partial charge < -0.3 is 20.9 Å². The zero-order chi connectivity index (χ0) is 20.8. The summed E-state index contributed by atoms with van der Waals surface area (Å²) in [4.78, 5) is 16.9. The number of hydrogen-bond donors (Lipinski definition) is 2. The Morgan fingerprint density at radius 3 is 2.69 bits per heavy atom. The number of nitrogens with two attached hydrogens (primary N) is 2. The smallest absolute Gasteiger partial charge is 0.416 e. The van der Waals surface area contributed by atoms with Crippen LogP contribution in [0.2, 0.25) is 0 Å². The lowest BCUT2D eigenvalue weighted by atomic mass is 10.0. The first-order chi connectivity index (χ1) is 14.0. The first kappa shape index (κ1) is 21.5. The van der Waals surface area contributed by atoms with Crippen molar-refractivity contribution in [3.63, 3.8) is 0 Å². The summed E-state index contributed by atoms with van der Waals surface area (Å²) in [5.74, 6) is 0.279. The Balaban J connectivity index is 1.76. The maximum atomic E-state index is 13.0. The first-order valence-corrected chi connectivity index (χ1v) is 10.2. The van der Waals surface area contributed by atoms with Crippen molar-refractivity contribution >= 4 is 17.7 Å². The van der Waals surface area contributed by atoms with Crippen LogP contribution in [0.5, 0.6) is 0 Å². The van der Waals surface area contributed by atoms with Crippen LogP contribution in [0.25, 0.3) is 0 Å². The van der Waals surface area contributed by atoms with Crippen molar-refractivity contribution < 1.29 is 14.3 Å². The van der Waals surface area contributed by atoms with E-state index >= 15 is 0 Å². The summed E-state index contributed by atoms with van der Waals surface area (Å²) in [7, 11) is 0. The molecule has 0 saturated carbocycles. The third-order valence-corrected chi connectivity index (χ3v) is 5.65. The molecule has 0 radical (unpaired) electrons. The van der Waals surface area contributed by atoms with E-state index in [2.05, 4.69) is 4.90 Å². The van der Waals surface area contributed by atoms with Gasteiger partial charge in [0.05, 0.1) is 25.3 Å². The summed E-state index contributed by atoms with van der Waals surface area (Å²) in [6, 6.07) is 9.88. The third-order valence-electron chi connectivity index (χ3n) is 5.35. The van der Waals surface area contributed by atoms with Gasteiger partial charge in [0.25, 0.3) is 0 Å². The lowest BCUT2D eigenvalue weighted by Gasteiger charge is -2.44. The molecule has 0 aromatic heterocycles. The predicted molar refractivity (Wildman–Crippen MR) is 113 cm³/mol. The van der Waals surface area contributed by atoms with E-state index in [1.165, 1.54) is 4.90 Å². The van der Waals surface area contributed by atoms with E-state index in [0.717, 1.165) is 44.7 Å². The first-order valence-electron chi connectivity index (χ1n) is 9.86. The number of likely N-dealkylation sites (tertiary alicyclic amines) is 1. The minimum absolute atomic E-state index is 0.0896. The molecule has 29 heavy (non-hydrogen) atoms. The van der Waals surface area contributed by atoms with Crippen LogP contribution in [-0.2, 0) is 16.1 Å². The van der Waals surface area contributed by atoms with E-state index in [-0.39, 0.29) is 23.6 Å². The van der Waals surface area contributed by atoms with Crippen molar-refractivity contribution in [2.24, 2.45) is 11.5 Å². The number of carbonyl (C=O) groups excluding carboxylic acids is 1. The van der Waals surface area contributed by atoms with Crippen LogP contribution in [0, 0.1) is 0 Å². The lowest BCUT2D eigenvalue weighted by molar-refractivity contribution is -0.0778. The van der Waals surface area contributed by atoms with Crippen LogP contribution in [0.1, 0.15) is 25.3 Å². The molecular weight excluding hydrogens is 392 g/mol. The summed E-state index contributed by atoms with van der Waals surface area (Å²) in [5, 5.41) is 0.141. The summed E-state index contributed by atoms with van der Waals surface area (Å²) < 4.78 is 10.9. The molecule has 1 aromatic carbocycles. The maximum absolute atomic E-state index is 13.0. The molecular formula is C21H29ClN4O3. The van der Waals surface area contributed by atoms with Gasteiger partial charge in [-0.1, -0.05) is 41.9 Å². The molecule has 0 unspecified atom stereocenters. The van der Waals surface area contributed by atoms with Gasteiger partial charge in [-0.25, -0.2) is 4.79 Å². The average Bonchev–Trinajstić information content (AvgIpc) is 2.66. The number of piperidine rings is 1. The van der Waals surface area contributed by atoms with Gasteiger partial charge in [0.15, 0.2) is 0 Å². The SMILES string of the molecule is CC(/C=C(\N)N(C(=O)OCc1ccccc1)[C@@H]1CCCN(C2COC2)C1)=C(/N)Cl. The molecule has 3 rings (SSSR count). The summed E-state index contributed by atoms with van der Waals surface area (Å²) in [6.45, 7) is 5.13. The van der Waals surface area contributed by atoms with Crippen LogP contribution in [0.3, 0.4) is 0 Å². The Hall–Kier alpha value is -2.22. The van der Waals surface area contributed by atoms with Crippen molar-refractivity contribution in [2.75, 3.05) is 26.3 Å². The van der Waals surface area contributed by atoms with Gasteiger partial charge in [0.1, 0.15) is 17.6 Å². The van der Waals surface area contributed by atoms with Crippen LogP contribution in [0.4, 0.5) is 4.79 Å². The summed E-state index contributed by atoms with van der Waals surface area (Å²) >= 11 is 5.88. The molecule has 4 N–H and O–H groups in total. The summed E-state index contributed by atoms with van der Waals surface area (Å²) in [5.41, 5.74) is 13.5. The number of benzene rings is 1. The molecule has 158 valence electrons. The van der Waals surface area contributed by atoms with Crippen LogP contribution in [-0.4, -0.2) is 54.3 Å². The maximum Gasteiger partial charge on any atom is 0.416 e. The zero-order valence-corrected chi connectivity index (χ0v) is 17.5. The largest absolute Gasteiger partial charge is 0.444 e. The van der Waals surface area contributed by atoms with Gasteiger partial charge in [-0.3, -0.25) is 9.80 Å². The van der Waals surface area contributed by atoms with E-state index in [1.54, 1.807) is 13.0 Å². The fourth-order valence-corrected chi connectivity index (χ4v) is 3.63. The van der Waals surface area contributed by atoms with E-state index < -0.39 is 6.09 Å². The van der Waals surface area contributed by atoms with Crippen molar-refractivity contribution in [2.45, 2.75) is 38.5 Å². The Morgan fingerprint density at radius 1 is 1.34 bits per heavy atom. The highest BCUT2D eigenvalue weighted by Gasteiger charge is 2.35. The molecule has 1 aromatic rings. The van der Waals surface area contributed by atoms with E-state index in [1.807, 2.05) is 30.3 Å². The van der Waals surface area contributed by atoms with Crippen LogP contribution in [0.15, 0.2) is 53.0 Å². The number of amides is 1. The highest BCUT2D eigenvalue weighted by molar-refractivity contribution is 6.29. The van der Waals surface area contributed by atoms with E-state index in [9.17, 15) is 4.79 Å². The molecule has 7 nitrogen and oxygen atoms in total. The van der Waals surface area contributed by atoms with Gasteiger partial charge in [0, 0.05) is 6.54 Å². The standard InChI is InChI=1S/C21H29ClN4O3/c1-15(20(22)24)10-19(23)26(21(27)29-12-16-6-3-2-4-7-16)17-8-5-9-25(11-17)18-13-28-14-18/h2-4,6-7,10,17-18H,5,8-9,11-14,23-24H2,1H3/b19-10+,20-15-/t17-/m1/s1. The monoisotopic (exact) mass is 420 g/mol. The number of ether oxygens (including phenoxy) is 2. The van der Waals surface area contributed by atoms with Crippen molar-refractivity contribution in [1.29, 1.82) is 0 Å². The molecule has 2 fully saturated rings. The molecule has 0 aliphatic carbocycles. The molecule has 2 saturated heterocycles. The van der Waals surface area contributed by atoms with Crippen LogP contribution < -0.4 is 11.5 Å². The fraction of sp³-hybridized carbons (Fsp3) is 0.476. The summed E-state index contributed by atoms with van der Waals surface area (Å²) in [6.07, 6.45) is 2.97. The van der Waals surface area contributed by atoms with Crippen molar-refractivity contribution in [3.05, 3.63) is 58.5 Å². The fourth-order valence-electron chi connectivity index (χ4n) is 3.57. The minimum atomic E-state index is -0.472. The van der Waals surface area contributed by atoms with E-state index in [0.29, 0.717) is 11.6 Å². The minimum Gasteiger partial charge on any atom is -0.444 e.